The quantitative estimate of drug-likeness (QED) is 0.418. The Kier molecular flexibility index (Phi) is 8.16. The molecule has 204 valence electrons. The van der Waals surface area contributed by atoms with Crippen molar-refractivity contribution in [2.24, 2.45) is 5.73 Å². The average molecular weight is 531 g/mol. The molecule has 0 saturated carbocycles. The lowest BCUT2D eigenvalue weighted by Crippen LogP contribution is -2.56. The van der Waals surface area contributed by atoms with Gasteiger partial charge in [0.1, 0.15) is 11.9 Å². The zero-order valence-electron chi connectivity index (χ0n) is 22.8. The Hall–Kier alpha value is -4.04. The summed E-state index contributed by atoms with van der Waals surface area (Å²) in [5.41, 5.74) is 9.25. The first-order chi connectivity index (χ1) is 18.5. The molecular formula is C31H35FN4O3. The van der Waals surface area contributed by atoms with Crippen molar-refractivity contribution in [1.82, 2.24) is 10.6 Å². The van der Waals surface area contributed by atoms with Gasteiger partial charge in [0, 0.05) is 17.8 Å². The van der Waals surface area contributed by atoms with Gasteiger partial charge in [-0.1, -0.05) is 49.4 Å². The van der Waals surface area contributed by atoms with Crippen molar-refractivity contribution in [3.8, 4) is 11.1 Å². The summed E-state index contributed by atoms with van der Waals surface area (Å²) in [6.07, 6.45) is 0.323. The number of nitrogens with zero attached hydrogens (tertiary/aromatic N) is 1. The first-order valence-corrected chi connectivity index (χ1v) is 13.2. The van der Waals surface area contributed by atoms with Crippen LogP contribution in [0.1, 0.15) is 61.5 Å². The highest BCUT2D eigenvalue weighted by atomic mass is 19.1. The van der Waals surface area contributed by atoms with Crippen LogP contribution < -0.4 is 21.3 Å². The van der Waals surface area contributed by atoms with Gasteiger partial charge >= 0.3 is 0 Å². The zero-order chi connectivity index (χ0) is 28.3. The summed E-state index contributed by atoms with van der Waals surface area (Å²) < 4.78 is 14.2. The van der Waals surface area contributed by atoms with Crippen LogP contribution in [0.2, 0.25) is 0 Å². The molecule has 1 heterocycles. The van der Waals surface area contributed by atoms with Crippen molar-refractivity contribution >= 4 is 23.4 Å². The van der Waals surface area contributed by atoms with E-state index in [1.165, 1.54) is 12.1 Å². The first-order valence-electron chi connectivity index (χ1n) is 13.2. The topological polar surface area (TPSA) is 105 Å². The fourth-order valence-electron chi connectivity index (χ4n) is 4.84. The Labute approximate surface area is 228 Å². The molecule has 0 fully saturated rings. The fraction of sp³-hybridized carbons (Fsp3) is 0.323. The molecule has 3 amide bonds. The maximum absolute atomic E-state index is 14.2. The molecule has 3 aromatic rings. The monoisotopic (exact) mass is 530 g/mol. The molecule has 2 atom stereocenters. The molecule has 39 heavy (non-hydrogen) atoms. The highest BCUT2D eigenvalue weighted by Crippen LogP contribution is 2.36. The molecule has 1 aliphatic heterocycles. The third-order valence-electron chi connectivity index (χ3n) is 6.97. The van der Waals surface area contributed by atoms with Gasteiger partial charge in [-0.15, -0.1) is 0 Å². The summed E-state index contributed by atoms with van der Waals surface area (Å²) in [5.74, 6) is -1.41. The molecule has 4 rings (SSSR count). The second-order valence-corrected chi connectivity index (χ2v) is 10.6. The Morgan fingerprint density at radius 2 is 1.77 bits per heavy atom. The highest BCUT2D eigenvalue weighted by Gasteiger charge is 2.36. The largest absolute Gasteiger partial charge is 0.352 e. The van der Waals surface area contributed by atoms with Crippen LogP contribution in [0.15, 0.2) is 66.7 Å². The van der Waals surface area contributed by atoms with Gasteiger partial charge in [0.25, 0.3) is 5.91 Å². The lowest BCUT2D eigenvalue weighted by atomic mass is 9.93. The molecule has 1 aliphatic rings. The number of anilines is 1. The number of carbonyl (C=O) groups is 3. The Balaban J connectivity index is 1.66. The van der Waals surface area contributed by atoms with Gasteiger partial charge in [0.05, 0.1) is 12.1 Å². The molecule has 8 heteroatoms. The van der Waals surface area contributed by atoms with Crippen molar-refractivity contribution in [3.05, 3.63) is 89.2 Å². The molecule has 3 aromatic carbocycles. The minimum absolute atomic E-state index is 0.140. The molecule has 7 nitrogen and oxygen atoms in total. The molecule has 4 N–H and O–H groups in total. The van der Waals surface area contributed by atoms with Crippen LogP contribution in [-0.2, 0) is 16.1 Å². The van der Waals surface area contributed by atoms with Gasteiger partial charge < -0.3 is 21.3 Å². The summed E-state index contributed by atoms with van der Waals surface area (Å²) in [5, 5.41) is 5.66. The van der Waals surface area contributed by atoms with E-state index in [9.17, 15) is 18.8 Å². The van der Waals surface area contributed by atoms with E-state index in [4.69, 9.17) is 5.73 Å². The predicted octanol–water partition coefficient (Wildman–Crippen LogP) is 4.50. The minimum atomic E-state index is -1.15. The van der Waals surface area contributed by atoms with Crippen LogP contribution in [0, 0.1) is 5.82 Å². The van der Waals surface area contributed by atoms with Gasteiger partial charge in [0.15, 0.2) is 0 Å². The SMILES string of the molecule is CCNC(=O)c1ccccc1-c1ccc(CN2C(=O)C(NC(=O)C(C)(C)N)CC(C)c3cc(F)ccc32)cc1. The average Bonchev–Trinajstić information content (AvgIpc) is 2.99. The number of rotatable bonds is 7. The lowest BCUT2D eigenvalue weighted by molar-refractivity contribution is -0.130. The summed E-state index contributed by atoms with van der Waals surface area (Å²) in [6, 6.07) is 18.7. The Morgan fingerprint density at radius 3 is 2.44 bits per heavy atom. The van der Waals surface area contributed by atoms with E-state index in [2.05, 4.69) is 10.6 Å². The lowest BCUT2D eigenvalue weighted by Gasteiger charge is -2.28. The minimum Gasteiger partial charge on any atom is -0.352 e. The van der Waals surface area contributed by atoms with E-state index in [0.29, 0.717) is 29.8 Å². The number of hydrogen-bond donors (Lipinski definition) is 3. The van der Waals surface area contributed by atoms with Gasteiger partial charge in [-0.25, -0.2) is 4.39 Å². The molecule has 0 aromatic heterocycles. The standard InChI is InChI=1S/C31H35FN4O3/c1-5-34-28(37)24-9-7-6-8-23(24)21-12-10-20(11-13-21)18-36-27-15-14-22(32)17-25(27)19(2)16-26(29(36)38)35-30(39)31(3,4)33/h6-15,17,19,26H,5,16,18,33H2,1-4H3,(H,34,37)(H,35,39). The Morgan fingerprint density at radius 1 is 1.08 bits per heavy atom. The van der Waals surface area contributed by atoms with Crippen molar-refractivity contribution in [3.63, 3.8) is 0 Å². The van der Waals surface area contributed by atoms with Crippen LogP contribution in [-0.4, -0.2) is 35.8 Å². The maximum atomic E-state index is 14.2. The van der Waals surface area contributed by atoms with Crippen molar-refractivity contribution in [1.29, 1.82) is 0 Å². The number of carbonyl (C=O) groups excluding carboxylic acids is 3. The van der Waals surface area contributed by atoms with Crippen LogP contribution >= 0.6 is 0 Å². The maximum Gasteiger partial charge on any atom is 0.251 e. The molecule has 0 saturated heterocycles. The van der Waals surface area contributed by atoms with Gasteiger partial charge in [-0.2, -0.15) is 0 Å². The first kappa shape index (κ1) is 28.0. The number of benzene rings is 3. The molecule has 2 unspecified atom stereocenters. The molecule has 0 radical (unpaired) electrons. The van der Waals surface area contributed by atoms with Crippen LogP contribution in [0.4, 0.5) is 10.1 Å². The molecule has 0 bridgehead atoms. The van der Waals surface area contributed by atoms with Crippen molar-refractivity contribution in [2.45, 2.75) is 58.2 Å². The predicted molar refractivity (Wildman–Crippen MR) is 151 cm³/mol. The van der Waals surface area contributed by atoms with Crippen LogP contribution in [0.3, 0.4) is 0 Å². The summed E-state index contributed by atoms with van der Waals surface area (Å²) in [7, 11) is 0. The number of hydrogen-bond acceptors (Lipinski definition) is 4. The highest BCUT2D eigenvalue weighted by molar-refractivity contribution is 6.02. The fourth-order valence-corrected chi connectivity index (χ4v) is 4.84. The second-order valence-electron chi connectivity index (χ2n) is 10.6. The van der Waals surface area contributed by atoms with E-state index in [1.54, 1.807) is 30.9 Å². The summed E-state index contributed by atoms with van der Waals surface area (Å²) in [4.78, 5) is 40.6. The zero-order valence-corrected chi connectivity index (χ0v) is 22.8. The van der Waals surface area contributed by atoms with E-state index in [1.807, 2.05) is 56.3 Å². The van der Waals surface area contributed by atoms with Crippen LogP contribution in [0.25, 0.3) is 11.1 Å². The number of amides is 3. The molecule has 0 spiro atoms. The molecular weight excluding hydrogens is 495 g/mol. The van der Waals surface area contributed by atoms with E-state index in [-0.39, 0.29) is 30.1 Å². The number of nitrogens with one attached hydrogen (secondary N) is 2. The van der Waals surface area contributed by atoms with E-state index < -0.39 is 17.5 Å². The number of halogens is 1. The Bertz CT molecular complexity index is 1380. The third-order valence-corrected chi connectivity index (χ3v) is 6.97. The second kappa shape index (κ2) is 11.4. The van der Waals surface area contributed by atoms with E-state index >= 15 is 0 Å². The van der Waals surface area contributed by atoms with Crippen molar-refractivity contribution < 1.29 is 18.8 Å². The van der Waals surface area contributed by atoms with Gasteiger partial charge in [-0.3, -0.25) is 14.4 Å². The van der Waals surface area contributed by atoms with Gasteiger partial charge in [0.2, 0.25) is 11.8 Å². The van der Waals surface area contributed by atoms with Gasteiger partial charge in [-0.05, 0) is 79.6 Å². The van der Waals surface area contributed by atoms with Crippen LogP contribution in [0.5, 0.6) is 0 Å². The molecule has 0 aliphatic carbocycles. The van der Waals surface area contributed by atoms with Crippen molar-refractivity contribution in [2.75, 3.05) is 11.4 Å². The van der Waals surface area contributed by atoms with E-state index in [0.717, 1.165) is 16.7 Å². The number of nitrogens with two attached hydrogens (primary N) is 1. The summed E-state index contributed by atoms with van der Waals surface area (Å²) in [6.45, 7) is 7.72. The summed E-state index contributed by atoms with van der Waals surface area (Å²) >= 11 is 0. The third kappa shape index (κ3) is 6.17. The normalized spacial score (nSPS) is 17.3. The number of fused-ring (bicyclic) bond motifs is 1. The smallest absolute Gasteiger partial charge is 0.251 e.